The summed E-state index contributed by atoms with van der Waals surface area (Å²) >= 11 is 0. The fourth-order valence-electron chi connectivity index (χ4n) is 2.27. The zero-order valence-electron chi connectivity index (χ0n) is 13.0. The fraction of sp³-hybridized carbons (Fsp3) is 0.733. The Labute approximate surface area is 118 Å². The molecule has 0 aromatic heterocycles. The number of hydrogen-bond acceptors (Lipinski definition) is 1. The molecule has 0 spiro atoms. The third kappa shape index (κ3) is 8.41. The molecule has 0 heterocycles. The fourth-order valence-corrected chi connectivity index (χ4v) is 2.83. The Morgan fingerprint density at radius 2 is 1.42 bits per heavy atom. The molecule has 0 rings (SSSR count). The second kappa shape index (κ2) is 8.73. The van der Waals surface area contributed by atoms with Crippen molar-refractivity contribution in [3.05, 3.63) is 22.3 Å². The van der Waals surface area contributed by atoms with Gasteiger partial charge < -0.3 is 9.79 Å². The average molecular weight is 288 g/mol. The first-order valence-electron chi connectivity index (χ1n) is 7.08. The van der Waals surface area contributed by atoms with Gasteiger partial charge >= 0.3 is 7.60 Å². The largest absolute Gasteiger partial charge is 0.325 e. The van der Waals surface area contributed by atoms with Gasteiger partial charge in [0.25, 0.3) is 0 Å². The molecule has 19 heavy (non-hydrogen) atoms. The second-order valence-corrected chi connectivity index (χ2v) is 7.11. The van der Waals surface area contributed by atoms with Crippen molar-refractivity contribution in [2.45, 2.75) is 66.7 Å². The monoisotopic (exact) mass is 288 g/mol. The van der Waals surface area contributed by atoms with Gasteiger partial charge in [0, 0.05) is 0 Å². The van der Waals surface area contributed by atoms with E-state index in [-0.39, 0.29) is 6.16 Å². The highest BCUT2D eigenvalue weighted by atomic mass is 31.2. The normalized spacial score (nSPS) is 13.2. The third-order valence-corrected chi connectivity index (χ3v) is 4.48. The number of rotatable bonds is 8. The molecule has 0 aliphatic rings. The van der Waals surface area contributed by atoms with E-state index in [1.807, 2.05) is 0 Å². The molecule has 0 saturated carbocycles. The summed E-state index contributed by atoms with van der Waals surface area (Å²) in [5.74, 6) is 0. The molecule has 112 valence electrons. The van der Waals surface area contributed by atoms with Gasteiger partial charge in [0.2, 0.25) is 0 Å². The maximum absolute atomic E-state index is 10.9. The maximum atomic E-state index is 10.9. The van der Waals surface area contributed by atoms with Crippen LogP contribution in [0.2, 0.25) is 0 Å². The molecule has 4 heteroatoms. The summed E-state index contributed by atoms with van der Waals surface area (Å²) in [7, 11) is -3.88. The van der Waals surface area contributed by atoms with Crippen molar-refractivity contribution in [3.8, 4) is 0 Å². The first-order chi connectivity index (χ1) is 8.71. The minimum atomic E-state index is -3.88. The molecule has 0 saturated heterocycles. The average Bonchev–Trinajstić information content (AvgIpc) is 2.28. The van der Waals surface area contributed by atoms with Crippen LogP contribution in [0, 0.1) is 0 Å². The van der Waals surface area contributed by atoms with Crippen LogP contribution in [0.1, 0.15) is 66.7 Å². The van der Waals surface area contributed by atoms with E-state index >= 15 is 0 Å². The first kappa shape index (κ1) is 18.6. The van der Waals surface area contributed by atoms with Crippen LogP contribution in [0.5, 0.6) is 0 Å². The Hall–Kier alpha value is -0.370. The highest BCUT2D eigenvalue weighted by molar-refractivity contribution is 7.51. The van der Waals surface area contributed by atoms with Gasteiger partial charge in [0.1, 0.15) is 0 Å². The summed E-state index contributed by atoms with van der Waals surface area (Å²) in [6, 6.07) is 0. The lowest BCUT2D eigenvalue weighted by atomic mass is 9.95. The molecule has 0 radical (unpaired) electrons. The van der Waals surface area contributed by atoms with E-state index in [2.05, 4.69) is 34.6 Å². The van der Waals surface area contributed by atoms with Gasteiger partial charge in [0.05, 0.1) is 6.16 Å². The number of hydrogen-bond donors (Lipinski definition) is 2. The SMILES string of the molecule is CCC(CC/C(C)=C(\CC)CCP(=O)(O)O)=C(C)C. The molecule has 0 aliphatic carbocycles. The smallest absolute Gasteiger partial charge is 0.324 e. The van der Waals surface area contributed by atoms with Crippen molar-refractivity contribution in [2.24, 2.45) is 0 Å². The summed E-state index contributed by atoms with van der Waals surface area (Å²) in [5.41, 5.74) is 5.38. The van der Waals surface area contributed by atoms with E-state index < -0.39 is 7.60 Å². The van der Waals surface area contributed by atoms with Crippen molar-refractivity contribution in [2.75, 3.05) is 6.16 Å². The molecule has 0 aromatic rings. The van der Waals surface area contributed by atoms with E-state index in [1.165, 1.54) is 22.3 Å². The third-order valence-electron chi connectivity index (χ3n) is 3.67. The van der Waals surface area contributed by atoms with Gasteiger partial charge in [-0.25, -0.2) is 0 Å². The lowest BCUT2D eigenvalue weighted by Crippen LogP contribution is -1.96. The minimum absolute atomic E-state index is 0.0310. The van der Waals surface area contributed by atoms with Crippen LogP contribution in [-0.2, 0) is 4.57 Å². The van der Waals surface area contributed by atoms with Gasteiger partial charge in [-0.2, -0.15) is 0 Å². The van der Waals surface area contributed by atoms with Gasteiger partial charge in [-0.15, -0.1) is 0 Å². The van der Waals surface area contributed by atoms with E-state index in [0.29, 0.717) is 6.42 Å². The lowest BCUT2D eigenvalue weighted by Gasteiger charge is -2.13. The summed E-state index contributed by atoms with van der Waals surface area (Å²) < 4.78 is 10.9. The van der Waals surface area contributed by atoms with Crippen LogP contribution in [-0.4, -0.2) is 15.9 Å². The van der Waals surface area contributed by atoms with Crippen LogP contribution < -0.4 is 0 Å². The zero-order chi connectivity index (χ0) is 15.1. The highest BCUT2D eigenvalue weighted by Gasteiger charge is 2.14. The summed E-state index contributed by atoms with van der Waals surface area (Å²) in [6.07, 6.45) is 4.50. The molecule has 2 N–H and O–H groups in total. The van der Waals surface area contributed by atoms with Crippen molar-refractivity contribution in [1.82, 2.24) is 0 Å². The Morgan fingerprint density at radius 1 is 0.895 bits per heavy atom. The van der Waals surface area contributed by atoms with E-state index in [4.69, 9.17) is 9.79 Å². The Bertz CT molecular complexity index is 384. The quantitative estimate of drug-likeness (QED) is 0.498. The Balaban J connectivity index is 4.63. The van der Waals surface area contributed by atoms with Crippen molar-refractivity contribution in [3.63, 3.8) is 0 Å². The molecule has 0 aliphatic heterocycles. The highest BCUT2D eigenvalue weighted by Crippen LogP contribution is 2.37. The summed E-state index contributed by atoms with van der Waals surface area (Å²) in [4.78, 5) is 17.9. The van der Waals surface area contributed by atoms with Gasteiger partial charge in [0.15, 0.2) is 0 Å². The Morgan fingerprint density at radius 3 is 1.79 bits per heavy atom. The van der Waals surface area contributed by atoms with Crippen LogP contribution in [0.4, 0.5) is 0 Å². The van der Waals surface area contributed by atoms with Crippen LogP contribution in [0.15, 0.2) is 22.3 Å². The first-order valence-corrected chi connectivity index (χ1v) is 8.88. The Kier molecular flexibility index (Phi) is 8.56. The van der Waals surface area contributed by atoms with Gasteiger partial charge in [-0.05, 0) is 52.9 Å². The van der Waals surface area contributed by atoms with Gasteiger partial charge in [-0.1, -0.05) is 36.1 Å². The second-order valence-electron chi connectivity index (χ2n) is 5.33. The maximum Gasteiger partial charge on any atom is 0.325 e. The van der Waals surface area contributed by atoms with Crippen LogP contribution >= 0.6 is 7.60 Å². The molecular formula is C15H29O3P. The molecule has 0 aromatic carbocycles. The van der Waals surface area contributed by atoms with E-state index in [1.54, 1.807) is 0 Å². The predicted octanol–water partition coefficient (Wildman–Crippen LogP) is 4.81. The lowest BCUT2D eigenvalue weighted by molar-refractivity contribution is 0.372. The van der Waals surface area contributed by atoms with Crippen molar-refractivity contribution >= 4 is 7.60 Å². The van der Waals surface area contributed by atoms with Crippen LogP contribution in [0.25, 0.3) is 0 Å². The predicted molar refractivity (Wildman–Crippen MR) is 82.4 cm³/mol. The topological polar surface area (TPSA) is 57.5 Å². The molecule has 3 nitrogen and oxygen atoms in total. The minimum Gasteiger partial charge on any atom is -0.324 e. The van der Waals surface area contributed by atoms with Crippen LogP contribution in [0.3, 0.4) is 0 Å². The zero-order valence-corrected chi connectivity index (χ0v) is 13.9. The van der Waals surface area contributed by atoms with E-state index in [0.717, 1.165) is 25.7 Å². The molecule has 0 fully saturated rings. The molecular weight excluding hydrogens is 259 g/mol. The molecule has 0 bridgehead atoms. The summed E-state index contributed by atoms with van der Waals surface area (Å²) in [5, 5.41) is 0. The molecule has 0 amide bonds. The van der Waals surface area contributed by atoms with E-state index in [9.17, 15) is 4.57 Å². The van der Waals surface area contributed by atoms with Crippen molar-refractivity contribution in [1.29, 1.82) is 0 Å². The standard InChI is InChI=1S/C15H29O3P/c1-6-14(12(3)4)9-8-13(5)15(7-2)10-11-19(16,17)18/h6-11H2,1-5H3,(H2,16,17,18)/b15-13+. The number of allylic oxidation sites excluding steroid dienone is 4. The van der Waals surface area contributed by atoms with Crippen molar-refractivity contribution < 1.29 is 14.4 Å². The summed E-state index contributed by atoms with van der Waals surface area (Å²) in [6.45, 7) is 10.6. The molecule has 0 unspecified atom stereocenters. The molecule has 0 atom stereocenters. The van der Waals surface area contributed by atoms with Gasteiger partial charge in [-0.3, -0.25) is 4.57 Å².